The molecule has 5 heteroatoms. The number of hydrogen-bond donors (Lipinski definition) is 1. The van der Waals surface area contributed by atoms with Crippen molar-refractivity contribution < 1.29 is 8.42 Å². The van der Waals surface area contributed by atoms with Crippen molar-refractivity contribution in [3.63, 3.8) is 0 Å². The second kappa shape index (κ2) is 4.91. The van der Waals surface area contributed by atoms with Gasteiger partial charge in [-0.2, -0.15) is 0 Å². The minimum atomic E-state index is -3.06. The first-order chi connectivity index (χ1) is 6.56. The predicted molar refractivity (Wildman–Crippen MR) is 57.4 cm³/mol. The van der Waals surface area contributed by atoms with Crippen LogP contribution in [0.25, 0.3) is 0 Å². The normalized spacial score (nSPS) is 20.9. The van der Waals surface area contributed by atoms with E-state index in [4.69, 9.17) is 5.73 Å². The van der Waals surface area contributed by atoms with Crippen molar-refractivity contribution in [1.29, 1.82) is 0 Å². The fourth-order valence-electron chi connectivity index (χ4n) is 1.52. The molecule has 1 fully saturated rings. The molecule has 1 saturated heterocycles. The van der Waals surface area contributed by atoms with Crippen LogP contribution in [0.1, 0.15) is 19.3 Å². The summed E-state index contributed by atoms with van der Waals surface area (Å²) in [5, 5.41) is 0. The van der Waals surface area contributed by atoms with Crippen molar-refractivity contribution >= 4 is 10.0 Å². The van der Waals surface area contributed by atoms with Gasteiger partial charge in [-0.15, -0.1) is 6.58 Å². The molecule has 4 nitrogen and oxygen atoms in total. The number of nitrogens with two attached hydrogens (primary N) is 1. The maximum atomic E-state index is 11.7. The zero-order valence-corrected chi connectivity index (χ0v) is 9.17. The monoisotopic (exact) mass is 218 g/mol. The summed E-state index contributed by atoms with van der Waals surface area (Å²) in [4.78, 5) is 0. The van der Waals surface area contributed by atoms with Gasteiger partial charge in [0.15, 0.2) is 0 Å². The molecule has 1 aliphatic heterocycles. The first-order valence-corrected chi connectivity index (χ1v) is 6.51. The molecule has 2 N–H and O–H groups in total. The molecule has 82 valence electrons. The molecule has 1 heterocycles. The lowest BCUT2D eigenvalue weighted by molar-refractivity contribution is 0.320. The summed E-state index contributed by atoms with van der Waals surface area (Å²) in [6.45, 7) is 4.66. The van der Waals surface area contributed by atoms with Crippen LogP contribution in [0.3, 0.4) is 0 Å². The Bertz CT molecular complexity index is 279. The number of rotatable bonds is 4. The van der Waals surface area contributed by atoms with Gasteiger partial charge in [0.05, 0.1) is 5.75 Å². The molecule has 0 aromatic rings. The molecule has 0 amide bonds. The lowest BCUT2D eigenvalue weighted by Crippen LogP contribution is -2.43. The zero-order chi connectivity index (χ0) is 10.6. The van der Waals surface area contributed by atoms with Crippen molar-refractivity contribution in [2.75, 3.05) is 18.8 Å². The van der Waals surface area contributed by atoms with E-state index in [9.17, 15) is 8.42 Å². The molecule has 0 bridgehead atoms. The number of nitrogens with zero attached hydrogens (tertiary/aromatic N) is 1. The van der Waals surface area contributed by atoms with Crippen LogP contribution in [-0.2, 0) is 10.0 Å². The largest absolute Gasteiger partial charge is 0.328 e. The van der Waals surface area contributed by atoms with E-state index >= 15 is 0 Å². The van der Waals surface area contributed by atoms with Crippen LogP contribution in [-0.4, -0.2) is 37.6 Å². The molecule has 0 aromatic heterocycles. The standard InChI is InChI=1S/C9H18N2O2S/c1-2-3-8-14(12,13)11-6-4-9(10)5-7-11/h2,9H,1,3-8,10H2. The summed E-state index contributed by atoms with van der Waals surface area (Å²) in [7, 11) is -3.06. The van der Waals surface area contributed by atoms with Crippen molar-refractivity contribution in [3.05, 3.63) is 12.7 Å². The third-order valence-corrected chi connectivity index (χ3v) is 4.38. The Hall–Kier alpha value is -0.390. The fourth-order valence-corrected chi connectivity index (χ4v) is 3.01. The van der Waals surface area contributed by atoms with Crippen LogP contribution in [0.2, 0.25) is 0 Å². The Morgan fingerprint density at radius 3 is 2.50 bits per heavy atom. The number of sulfonamides is 1. The lowest BCUT2D eigenvalue weighted by Gasteiger charge is -2.29. The van der Waals surface area contributed by atoms with Crippen molar-refractivity contribution in [2.24, 2.45) is 5.73 Å². The van der Waals surface area contributed by atoms with Gasteiger partial charge in [0, 0.05) is 19.1 Å². The smallest absolute Gasteiger partial charge is 0.214 e. The number of hydrogen-bond acceptors (Lipinski definition) is 3. The van der Waals surface area contributed by atoms with Crippen molar-refractivity contribution in [2.45, 2.75) is 25.3 Å². The molecular weight excluding hydrogens is 200 g/mol. The molecule has 0 radical (unpaired) electrons. The molecule has 0 atom stereocenters. The number of allylic oxidation sites excluding steroid dienone is 1. The van der Waals surface area contributed by atoms with E-state index in [2.05, 4.69) is 6.58 Å². The summed E-state index contributed by atoms with van der Waals surface area (Å²) in [5.41, 5.74) is 5.70. The Morgan fingerprint density at radius 1 is 1.43 bits per heavy atom. The van der Waals surface area contributed by atoms with Gasteiger partial charge in [-0.05, 0) is 19.3 Å². The molecule has 0 aromatic carbocycles. The van der Waals surface area contributed by atoms with E-state index in [1.807, 2.05) is 0 Å². The second-order valence-corrected chi connectivity index (χ2v) is 5.72. The molecule has 0 spiro atoms. The predicted octanol–water partition coefficient (Wildman–Crippen LogP) is 0.315. The SMILES string of the molecule is C=CCCS(=O)(=O)N1CCC(N)CC1. The molecular formula is C9H18N2O2S. The van der Waals surface area contributed by atoms with Crippen LogP contribution in [0.4, 0.5) is 0 Å². The highest BCUT2D eigenvalue weighted by molar-refractivity contribution is 7.89. The van der Waals surface area contributed by atoms with Crippen LogP contribution < -0.4 is 5.73 Å². The molecule has 0 unspecified atom stereocenters. The van der Waals surface area contributed by atoms with E-state index in [0.29, 0.717) is 19.5 Å². The van der Waals surface area contributed by atoms with Gasteiger partial charge in [-0.3, -0.25) is 0 Å². The van der Waals surface area contributed by atoms with Crippen molar-refractivity contribution in [3.8, 4) is 0 Å². The summed E-state index contributed by atoms with van der Waals surface area (Å²) in [6.07, 6.45) is 3.69. The lowest BCUT2D eigenvalue weighted by atomic mass is 10.1. The highest BCUT2D eigenvalue weighted by Crippen LogP contribution is 2.13. The summed E-state index contributed by atoms with van der Waals surface area (Å²) < 4.78 is 24.9. The van der Waals surface area contributed by atoms with Gasteiger partial charge >= 0.3 is 0 Å². The van der Waals surface area contributed by atoms with Crippen LogP contribution in [0.15, 0.2) is 12.7 Å². The van der Waals surface area contributed by atoms with Crippen molar-refractivity contribution in [1.82, 2.24) is 4.31 Å². The van der Waals surface area contributed by atoms with Crippen LogP contribution in [0.5, 0.6) is 0 Å². The third-order valence-electron chi connectivity index (χ3n) is 2.47. The summed E-state index contributed by atoms with van der Waals surface area (Å²) in [6, 6.07) is 0.167. The van der Waals surface area contributed by atoms with E-state index < -0.39 is 10.0 Å². The minimum Gasteiger partial charge on any atom is -0.328 e. The molecule has 1 aliphatic rings. The summed E-state index contributed by atoms with van der Waals surface area (Å²) in [5.74, 6) is 0.172. The first-order valence-electron chi connectivity index (χ1n) is 4.90. The fraction of sp³-hybridized carbons (Fsp3) is 0.778. The summed E-state index contributed by atoms with van der Waals surface area (Å²) >= 11 is 0. The zero-order valence-electron chi connectivity index (χ0n) is 8.35. The average molecular weight is 218 g/mol. The second-order valence-electron chi connectivity index (χ2n) is 3.63. The average Bonchev–Trinajstić information content (AvgIpc) is 2.16. The third kappa shape index (κ3) is 3.08. The van der Waals surface area contributed by atoms with Gasteiger partial charge in [0.2, 0.25) is 10.0 Å². The maximum absolute atomic E-state index is 11.7. The molecule has 0 aliphatic carbocycles. The molecule has 0 saturated carbocycles. The van der Waals surface area contributed by atoms with E-state index in [0.717, 1.165) is 12.8 Å². The van der Waals surface area contributed by atoms with E-state index in [1.165, 1.54) is 0 Å². The quantitative estimate of drug-likeness (QED) is 0.691. The van der Waals surface area contributed by atoms with Crippen LogP contribution >= 0.6 is 0 Å². The first kappa shape index (κ1) is 11.7. The van der Waals surface area contributed by atoms with E-state index in [-0.39, 0.29) is 11.8 Å². The minimum absolute atomic E-state index is 0.167. The molecule has 14 heavy (non-hydrogen) atoms. The highest BCUT2D eigenvalue weighted by Gasteiger charge is 2.25. The van der Waals surface area contributed by atoms with Gasteiger partial charge in [-0.25, -0.2) is 12.7 Å². The van der Waals surface area contributed by atoms with Crippen LogP contribution in [0, 0.1) is 0 Å². The Morgan fingerprint density at radius 2 is 2.00 bits per heavy atom. The van der Waals surface area contributed by atoms with Gasteiger partial charge in [0.1, 0.15) is 0 Å². The maximum Gasteiger partial charge on any atom is 0.214 e. The van der Waals surface area contributed by atoms with E-state index in [1.54, 1.807) is 10.4 Å². The Labute approximate surface area is 85.8 Å². The topological polar surface area (TPSA) is 63.4 Å². The van der Waals surface area contributed by atoms with Gasteiger partial charge < -0.3 is 5.73 Å². The Balaban J connectivity index is 2.51. The van der Waals surface area contributed by atoms with Gasteiger partial charge in [0.25, 0.3) is 0 Å². The Kier molecular flexibility index (Phi) is 4.10. The highest BCUT2D eigenvalue weighted by atomic mass is 32.2. The van der Waals surface area contributed by atoms with Gasteiger partial charge in [-0.1, -0.05) is 6.08 Å². The molecule has 1 rings (SSSR count). The number of piperidine rings is 1.